The molecule has 0 fully saturated rings. The largest absolute Gasteiger partial charge is 0.493 e. The molecule has 2 heterocycles. The predicted molar refractivity (Wildman–Crippen MR) is 133 cm³/mol. The van der Waals surface area contributed by atoms with Gasteiger partial charge in [0.2, 0.25) is 10.9 Å². The lowest BCUT2D eigenvalue weighted by molar-refractivity contribution is 0.0962. The summed E-state index contributed by atoms with van der Waals surface area (Å²) in [5.74, 6) is 2.77. The van der Waals surface area contributed by atoms with E-state index < -0.39 is 0 Å². The second-order valence-electron chi connectivity index (χ2n) is 8.14. The van der Waals surface area contributed by atoms with Crippen molar-refractivity contribution in [1.82, 2.24) is 19.6 Å². The molecule has 8 nitrogen and oxygen atoms in total. The van der Waals surface area contributed by atoms with Crippen molar-refractivity contribution in [2.75, 3.05) is 21.3 Å². The highest BCUT2D eigenvalue weighted by atomic mass is 35.5. The summed E-state index contributed by atoms with van der Waals surface area (Å²) in [5, 5.41) is 5.81. The van der Waals surface area contributed by atoms with Crippen molar-refractivity contribution in [2.45, 2.75) is 29.7 Å². The fourth-order valence-corrected chi connectivity index (χ4v) is 5.13. The SMILES string of the molecule is COc1cc(C2CC(=O)c3cn4nc(SCc5ccc(Cl)cc5)nc4nc3C2)cc(OC)c1OC. The molecule has 0 bridgehead atoms. The monoisotopic (exact) mass is 510 g/mol. The van der Waals surface area contributed by atoms with Crippen molar-refractivity contribution < 1.29 is 19.0 Å². The van der Waals surface area contributed by atoms with Crippen LogP contribution in [0.4, 0.5) is 0 Å². The van der Waals surface area contributed by atoms with Crippen molar-refractivity contribution in [1.29, 1.82) is 0 Å². The number of ether oxygens (including phenoxy) is 3. The number of thioether (sulfide) groups is 1. The van der Waals surface area contributed by atoms with Gasteiger partial charge >= 0.3 is 0 Å². The summed E-state index contributed by atoms with van der Waals surface area (Å²) in [6.07, 6.45) is 2.69. The molecule has 1 atom stereocenters. The van der Waals surface area contributed by atoms with Crippen LogP contribution in [0, 0.1) is 0 Å². The molecule has 1 aliphatic rings. The highest BCUT2D eigenvalue weighted by Gasteiger charge is 2.30. The van der Waals surface area contributed by atoms with E-state index in [-0.39, 0.29) is 11.7 Å². The molecule has 0 spiro atoms. The van der Waals surface area contributed by atoms with Crippen LogP contribution >= 0.6 is 23.4 Å². The first-order chi connectivity index (χ1) is 17.0. The minimum atomic E-state index is -0.0691. The van der Waals surface area contributed by atoms with Crippen molar-refractivity contribution in [3.8, 4) is 17.2 Å². The molecule has 4 aromatic rings. The number of methoxy groups -OCH3 is 3. The Morgan fingerprint density at radius 1 is 1.03 bits per heavy atom. The molecular formula is C25H23ClN4O4S. The molecular weight excluding hydrogens is 488 g/mol. The normalized spacial score (nSPS) is 15.2. The minimum absolute atomic E-state index is 0.0188. The van der Waals surface area contributed by atoms with Crippen LogP contribution in [0.15, 0.2) is 47.8 Å². The maximum absolute atomic E-state index is 13.1. The second-order valence-corrected chi connectivity index (χ2v) is 9.52. The topological polar surface area (TPSA) is 87.8 Å². The Morgan fingerprint density at radius 2 is 1.74 bits per heavy atom. The first-order valence-electron chi connectivity index (χ1n) is 11.0. The Balaban J connectivity index is 1.41. The van der Waals surface area contributed by atoms with E-state index in [0.29, 0.717) is 63.1 Å². The average Bonchev–Trinajstić information content (AvgIpc) is 3.28. The van der Waals surface area contributed by atoms with Crippen molar-refractivity contribution in [3.05, 3.63) is 70.0 Å². The molecule has 2 aromatic heterocycles. The van der Waals surface area contributed by atoms with Crippen molar-refractivity contribution in [3.63, 3.8) is 0 Å². The second kappa shape index (κ2) is 9.75. The number of carbonyl (C=O) groups excluding carboxylic acids is 1. The van der Waals surface area contributed by atoms with E-state index in [9.17, 15) is 4.79 Å². The van der Waals surface area contributed by atoms with Gasteiger partial charge in [0.25, 0.3) is 5.78 Å². The van der Waals surface area contributed by atoms with E-state index in [1.165, 1.54) is 11.8 Å². The van der Waals surface area contributed by atoms with Crippen LogP contribution in [0.25, 0.3) is 5.78 Å². The summed E-state index contributed by atoms with van der Waals surface area (Å²) >= 11 is 7.47. The number of ketones is 1. The first kappa shape index (κ1) is 23.4. The fraction of sp³-hybridized carbons (Fsp3) is 0.280. The number of hydrogen-bond acceptors (Lipinski definition) is 8. The predicted octanol–water partition coefficient (Wildman–Crippen LogP) is 5.01. The zero-order valence-electron chi connectivity index (χ0n) is 19.4. The third kappa shape index (κ3) is 4.66. The van der Waals surface area contributed by atoms with Crippen LogP contribution in [-0.2, 0) is 12.2 Å². The van der Waals surface area contributed by atoms with Crippen LogP contribution in [0.1, 0.15) is 39.5 Å². The Morgan fingerprint density at radius 3 is 2.40 bits per heavy atom. The fourth-order valence-electron chi connectivity index (χ4n) is 4.23. The van der Waals surface area contributed by atoms with Crippen LogP contribution < -0.4 is 14.2 Å². The number of carbonyl (C=O) groups is 1. The molecule has 2 aromatic carbocycles. The van der Waals surface area contributed by atoms with Gasteiger partial charge in [0.15, 0.2) is 17.3 Å². The Labute approximate surface area is 211 Å². The number of fused-ring (bicyclic) bond motifs is 2. The highest BCUT2D eigenvalue weighted by Crippen LogP contribution is 2.42. The highest BCUT2D eigenvalue weighted by molar-refractivity contribution is 7.98. The quantitative estimate of drug-likeness (QED) is 0.321. The molecule has 0 amide bonds. The zero-order chi connectivity index (χ0) is 24.5. The lowest BCUT2D eigenvalue weighted by Crippen LogP contribution is -2.21. The number of benzene rings is 2. The number of halogens is 1. The zero-order valence-corrected chi connectivity index (χ0v) is 21.0. The number of hydrogen-bond donors (Lipinski definition) is 0. The van der Waals surface area contributed by atoms with Gasteiger partial charge in [-0.1, -0.05) is 35.5 Å². The number of nitrogens with zero attached hydrogens (tertiary/aromatic N) is 4. The maximum atomic E-state index is 13.1. The van der Waals surface area contributed by atoms with E-state index in [1.54, 1.807) is 32.0 Å². The maximum Gasteiger partial charge on any atom is 0.253 e. The molecule has 1 aliphatic carbocycles. The summed E-state index contributed by atoms with van der Waals surface area (Å²) in [6.45, 7) is 0. The molecule has 5 rings (SSSR count). The van der Waals surface area contributed by atoms with Crippen LogP contribution in [0.5, 0.6) is 17.2 Å². The van der Waals surface area contributed by atoms with Gasteiger partial charge in [-0.3, -0.25) is 4.79 Å². The van der Waals surface area contributed by atoms with Crippen molar-refractivity contribution in [2.24, 2.45) is 0 Å². The lowest BCUT2D eigenvalue weighted by Gasteiger charge is -2.24. The van der Waals surface area contributed by atoms with Crippen LogP contribution in [0.2, 0.25) is 5.02 Å². The molecule has 0 saturated carbocycles. The summed E-state index contributed by atoms with van der Waals surface area (Å²) in [5.41, 5.74) is 3.35. The van der Waals surface area contributed by atoms with Gasteiger partial charge in [-0.25, -0.2) is 9.50 Å². The van der Waals surface area contributed by atoms with Crippen LogP contribution in [0.3, 0.4) is 0 Å². The molecule has 35 heavy (non-hydrogen) atoms. The van der Waals surface area contributed by atoms with Crippen molar-refractivity contribution >= 4 is 34.9 Å². The van der Waals surface area contributed by atoms with E-state index in [1.807, 2.05) is 36.4 Å². The summed E-state index contributed by atoms with van der Waals surface area (Å²) < 4.78 is 18.0. The van der Waals surface area contributed by atoms with E-state index >= 15 is 0 Å². The molecule has 10 heteroatoms. The number of Topliss-reactive ketones (excluding diaryl/α,β-unsaturated/α-hetero) is 1. The molecule has 1 unspecified atom stereocenters. The summed E-state index contributed by atoms with van der Waals surface area (Å²) in [6, 6.07) is 11.5. The molecule has 0 radical (unpaired) electrons. The van der Waals surface area contributed by atoms with E-state index in [2.05, 4.69) is 10.1 Å². The Kier molecular flexibility index (Phi) is 6.53. The Bertz CT molecular complexity index is 1380. The summed E-state index contributed by atoms with van der Waals surface area (Å²) in [7, 11) is 4.72. The van der Waals surface area contributed by atoms with Gasteiger partial charge in [0.05, 0.1) is 32.6 Å². The van der Waals surface area contributed by atoms with Gasteiger partial charge in [-0.15, -0.1) is 5.10 Å². The van der Waals surface area contributed by atoms with Gasteiger partial charge in [-0.2, -0.15) is 4.98 Å². The molecule has 180 valence electrons. The van der Waals surface area contributed by atoms with Crippen LogP contribution in [-0.4, -0.2) is 46.7 Å². The smallest absolute Gasteiger partial charge is 0.253 e. The average molecular weight is 511 g/mol. The van der Waals surface area contributed by atoms with E-state index in [0.717, 1.165) is 11.1 Å². The molecule has 0 N–H and O–H groups in total. The molecule has 0 aliphatic heterocycles. The van der Waals surface area contributed by atoms with Gasteiger partial charge in [0.1, 0.15) is 0 Å². The summed E-state index contributed by atoms with van der Waals surface area (Å²) in [4.78, 5) is 22.3. The standard InChI is InChI=1S/C25H23ClN4O4S/c1-32-21-10-16(11-22(33-2)23(21)34-3)15-8-19-18(20(31)9-15)12-30-24(27-19)28-25(29-30)35-13-14-4-6-17(26)7-5-14/h4-7,10-12,15H,8-9,13H2,1-3H3. The first-order valence-corrected chi connectivity index (χ1v) is 12.3. The Hall–Kier alpha value is -3.30. The van der Waals surface area contributed by atoms with Gasteiger partial charge < -0.3 is 14.2 Å². The third-order valence-electron chi connectivity index (χ3n) is 6.00. The van der Waals surface area contributed by atoms with Gasteiger partial charge in [-0.05, 0) is 47.7 Å². The minimum Gasteiger partial charge on any atom is -0.493 e. The lowest BCUT2D eigenvalue weighted by atomic mass is 9.82. The third-order valence-corrected chi connectivity index (χ3v) is 7.16. The number of rotatable bonds is 7. The number of aromatic nitrogens is 4. The van der Waals surface area contributed by atoms with E-state index in [4.69, 9.17) is 30.8 Å². The molecule has 0 saturated heterocycles. The van der Waals surface area contributed by atoms with Gasteiger partial charge in [0, 0.05) is 23.4 Å².